The molecule has 0 aliphatic carbocycles. The van der Waals surface area contributed by atoms with Crippen molar-refractivity contribution in [3.63, 3.8) is 0 Å². The first-order valence-electron chi connectivity index (χ1n) is 8.18. The van der Waals surface area contributed by atoms with Gasteiger partial charge in [-0.25, -0.2) is 9.97 Å². The van der Waals surface area contributed by atoms with Crippen molar-refractivity contribution in [2.24, 2.45) is 0 Å². The fourth-order valence-corrected chi connectivity index (χ4v) is 2.81. The Morgan fingerprint density at radius 1 is 0.885 bits per heavy atom. The topological polar surface area (TPSA) is 72.1 Å². The second-order valence-electron chi connectivity index (χ2n) is 5.69. The van der Waals surface area contributed by atoms with Crippen molar-refractivity contribution in [3.8, 4) is 23.0 Å². The Kier molecular flexibility index (Phi) is 4.15. The number of anilines is 2. The summed E-state index contributed by atoms with van der Waals surface area (Å²) in [5.74, 6) is 2.70. The van der Waals surface area contributed by atoms with E-state index < -0.39 is 0 Å². The van der Waals surface area contributed by atoms with Crippen molar-refractivity contribution in [3.05, 3.63) is 60.8 Å². The van der Waals surface area contributed by atoms with Gasteiger partial charge in [-0.2, -0.15) is 0 Å². The molecule has 0 spiro atoms. The molecule has 6 heteroatoms. The van der Waals surface area contributed by atoms with Gasteiger partial charge in [-0.3, -0.25) is 0 Å². The molecule has 2 aromatic carbocycles. The number of benzene rings is 2. The number of H-pyrrole nitrogens is 1. The lowest BCUT2D eigenvalue weighted by atomic mass is 10.2. The van der Waals surface area contributed by atoms with Gasteiger partial charge in [0.2, 0.25) is 0 Å². The number of hydrogen-bond donors (Lipinski definition) is 2. The van der Waals surface area contributed by atoms with E-state index in [1.807, 2.05) is 60.8 Å². The second kappa shape index (κ2) is 6.76. The molecule has 0 atom stereocenters. The van der Waals surface area contributed by atoms with Crippen LogP contribution in [0.15, 0.2) is 60.8 Å². The van der Waals surface area contributed by atoms with Gasteiger partial charge in [0.05, 0.1) is 25.4 Å². The number of methoxy groups -OCH3 is 2. The number of aromatic amines is 1. The molecule has 2 aromatic heterocycles. The highest BCUT2D eigenvalue weighted by molar-refractivity contribution is 5.92. The van der Waals surface area contributed by atoms with E-state index >= 15 is 0 Å². The van der Waals surface area contributed by atoms with E-state index in [4.69, 9.17) is 14.5 Å². The van der Waals surface area contributed by atoms with Crippen LogP contribution in [0.5, 0.6) is 11.5 Å². The van der Waals surface area contributed by atoms with Crippen LogP contribution in [-0.2, 0) is 0 Å². The van der Waals surface area contributed by atoms with Crippen LogP contribution in [0.1, 0.15) is 0 Å². The minimum atomic E-state index is 0.636. The molecule has 2 heterocycles. The molecule has 0 saturated carbocycles. The zero-order valence-corrected chi connectivity index (χ0v) is 14.5. The van der Waals surface area contributed by atoms with Crippen LogP contribution in [0.25, 0.3) is 22.4 Å². The zero-order valence-electron chi connectivity index (χ0n) is 14.5. The Balaban J connectivity index is 1.80. The van der Waals surface area contributed by atoms with Gasteiger partial charge in [-0.05, 0) is 36.4 Å². The van der Waals surface area contributed by atoms with E-state index in [1.165, 1.54) is 0 Å². The van der Waals surface area contributed by atoms with Crippen molar-refractivity contribution >= 4 is 22.4 Å². The standard InChI is InChI=1S/C20H18N4O2/c1-25-17-10-9-13(12-18(17)26-2)22-19-14-6-3-4-7-15(14)23-20(24-19)16-8-5-11-21-16/h3-12,21H,1-2H3,(H,22,23,24). The molecule has 4 rings (SSSR count). The van der Waals surface area contributed by atoms with Gasteiger partial charge in [0, 0.05) is 23.3 Å². The van der Waals surface area contributed by atoms with Crippen molar-refractivity contribution in [1.82, 2.24) is 15.0 Å². The maximum atomic E-state index is 5.38. The minimum absolute atomic E-state index is 0.636. The van der Waals surface area contributed by atoms with Crippen molar-refractivity contribution in [1.29, 1.82) is 0 Å². The van der Waals surface area contributed by atoms with E-state index in [9.17, 15) is 0 Å². The predicted octanol–water partition coefficient (Wildman–Crippen LogP) is 4.39. The summed E-state index contributed by atoms with van der Waals surface area (Å²) in [7, 11) is 3.23. The summed E-state index contributed by atoms with van der Waals surface area (Å²) in [5, 5.41) is 4.32. The SMILES string of the molecule is COc1ccc(Nc2nc(-c3ccc[nH]3)nc3ccccc23)cc1OC. The first-order chi connectivity index (χ1) is 12.8. The third kappa shape index (κ3) is 2.93. The molecule has 4 aromatic rings. The van der Waals surface area contributed by atoms with Crippen molar-refractivity contribution < 1.29 is 9.47 Å². The third-order valence-corrected chi connectivity index (χ3v) is 4.09. The molecule has 2 N–H and O–H groups in total. The molecule has 0 amide bonds. The van der Waals surface area contributed by atoms with Gasteiger partial charge in [-0.15, -0.1) is 0 Å². The summed E-state index contributed by atoms with van der Waals surface area (Å²) in [6.45, 7) is 0. The molecular formula is C20H18N4O2. The van der Waals surface area contributed by atoms with Crippen LogP contribution in [0.4, 0.5) is 11.5 Å². The molecule has 0 aliphatic heterocycles. The van der Waals surface area contributed by atoms with E-state index in [0.29, 0.717) is 17.3 Å². The number of para-hydroxylation sites is 1. The van der Waals surface area contributed by atoms with Crippen LogP contribution in [0, 0.1) is 0 Å². The minimum Gasteiger partial charge on any atom is -0.493 e. The first-order valence-corrected chi connectivity index (χ1v) is 8.18. The lowest BCUT2D eigenvalue weighted by molar-refractivity contribution is 0.355. The normalized spacial score (nSPS) is 10.7. The molecule has 0 saturated heterocycles. The second-order valence-corrected chi connectivity index (χ2v) is 5.69. The number of nitrogens with one attached hydrogen (secondary N) is 2. The summed E-state index contributed by atoms with van der Waals surface area (Å²) in [4.78, 5) is 12.5. The summed E-state index contributed by atoms with van der Waals surface area (Å²) in [6.07, 6.45) is 1.86. The van der Waals surface area contributed by atoms with Gasteiger partial charge < -0.3 is 19.8 Å². The Bertz CT molecular complexity index is 1050. The van der Waals surface area contributed by atoms with E-state index in [1.54, 1.807) is 14.2 Å². The largest absolute Gasteiger partial charge is 0.493 e. The van der Waals surface area contributed by atoms with Gasteiger partial charge in [0.25, 0.3) is 0 Å². The molecule has 0 radical (unpaired) electrons. The summed E-state index contributed by atoms with van der Waals surface area (Å²) < 4.78 is 10.7. The lowest BCUT2D eigenvalue weighted by Gasteiger charge is -2.13. The molecule has 0 aliphatic rings. The lowest BCUT2D eigenvalue weighted by Crippen LogP contribution is -2.00. The molecular weight excluding hydrogens is 328 g/mol. The Hall–Kier alpha value is -3.54. The van der Waals surface area contributed by atoms with Crippen LogP contribution < -0.4 is 14.8 Å². The van der Waals surface area contributed by atoms with Gasteiger partial charge in [0.15, 0.2) is 17.3 Å². The number of rotatable bonds is 5. The summed E-state index contributed by atoms with van der Waals surface area (Å²) in [5.41, 5.74) is 2.59. The van der Waals surface area contributed by atoms with Crippen LogP contribution in [0.2, 0.25) is 0 Å². The van der Waals surface area contributed by atoms with Gasteiger partial charge in [0.1, 0.15) is 5.82 Å². The number of fused-ring (bicyclic) bond motifs is 1. The highest BCUT2D eigenvalue weighted by Crippen LogP contribution is 2.32. The van der Waals surface area contributed by atoms with Gasteiger partial charge >= 0.3 is 0 Å². The average Bonchev–Trinajstić information content (AvgIpc) is 3.22. The van der Waals surface area contributed by atoms with Crippen LogP contribution in [-0.4, -0.2) is 29.2 Å². The molecule has 6 nitrogen and oxygen atoms in total. The number of aromatic nitrogens is 3. The first kappa shape index (κ1) is 16.0. The Morgan fingerprint density at radius 3 is 2.50 bits per heavy atom. The summed E-state index contributed by atoms with van der Waals surface area (Å²) in [6, 6.07) is 17.4. The molecule has 0 fully saturated rings. The molecule has 0 unspecified atom stereocenters. The summed E-state index contributed by atoms with van der Waals surface area (Å²) >= 11 is 0. The maximum Gasteiger partial charge on any atom is 0.178 e. The molecule has 130 valence electrons. The Labute approximate surface area is 150 Å². The third-order valence-electron chi connectivity index (χ3n) is 4.09. The highest BCUT2D eigenvalue weighted by Gasteiger charge is 2.11. The van der Waals surface area contributed by atoms with Crippen molar-refractivity contribution in [2.45, 2.75) is 0 Å². The monoisotopic (exact) mass is 346 g/mol. The molecule has 0 bridgehead atoms. The Morgan fingerprint density at radius 2 is 1.73 bits per heavy atom. The molecule has 26 heavy (non-hydrogen) atoms. The number of hydrogen-bond acceptors (Lipinski definition) is 5. The van der Waals surface area contributed by atoms with E-state index in [-0.39, 0.29) is 0 Å². The zero-order chi connectivity index (χ0) is 17.9. The van der Waals surface area contributed by atoms with Gasteiger partial charge in [-0.1, -0.05) is 12.1 Å². The van der Waals surface area contributed by atoms with Crippen molar-refractivity contribution in [2.75, 3.05) is 19.5 Å². The highest BCUT2D eigenvalue weighted by atomic mass is 16.5. The predicted molar refractivity (Wildman–Crippen MR) is 102 cm³/mol. The number of nitrogens with zero attached hydrogens (tertiary/aromatic N) is 2. The fourth-order valence-electron chi connectivity index (χ4n) is 2.81. The van der Waals surface area contributed by atoms with E-state index in [0.717, 1.165) is 28.1 Å². The van der Waals surface area contributed by atoms with Crippen LogP contribution in [0.3, 0.4) is 0 Å². The van der Waals surface area contributed by atoms with E-state index in [2.05, 4.69) is 15.3 Å². The average molecular weight is 346 g/mol. The smallest absolute Gasteiger partial charge is 0.178 e. The maximum absolute atomic E-state index is 5.38. The quantitative estimate of drug-likeness (QED) is 0.561. The van der Waals surface area contributed by atoms with Crippen LogP contribution >= 0.6 is 0 Å². The fraction of sp³-hybridized carbons (Fsp3) is 0.100. The number of ether oxygens (including phenoxy) is 2.